The summed E-state index contributed by atoms with van der Waals surface area (Å²) in [5.41, 5.74) is -0.754. The maximum atomic E-state index is 11.8. The molecular weight excluding hydrogens is 248 g/mol. The Balaban J connectivity index is 0.00000121. The van der Waals surface area contributed by atoms with Gasteiger partial charge in [0.1, 0.15) is 5.75 Å². The molecule has 5 heteroatoms. The van der Waals surface area contributed by atoms with E-state index < -0.39 is 11.7 Å². The number of benzene rings is 1. The van der Waals surface area contributed by atoms with Crippen LogP contribution in [0.25, 0.3) is 0 Å². The largest absolute Gasteiger partial charge is 0.508 e. The summed E-state index contributed by atoms with van der Waals surface area (Å²) in [7, 11) is 0. The molecule has 0 spiro atoms. The van der Waals surface area contributed by atoms with Gasteiger partial charge < -0.3 is 5.11 Å². The fourth-order valence-corrected chi connectivity index (χ4v) is 0.650. The molecule has 0 aromatic heterocycles. The number of hydrogen-bond acceptors (Lipinski definition) is 1. The third-order valence-electron chi connectivity index (χ3n) is 1.19. The van der Waals surface area contributed by atoms with Crippen LogP contribution < -0.4 is 0 Å². The zero-order chi connectivity index (χ0) is 8.48. The Morgan fingerprint density at radius 2 is 1.42 bits per heavy atom. The molecule has 1 aromatic carbocycles. The van der Waals surface area contributed by atoms with Crippen LogP contribution in [0.15, 0.2) is 24.3 Å². The number of rotatable bonds is 0. The van der Waals surface area contributed by atoms with Crippen LogP contribution in [-0.4, -0.2) is 5.11 Å². The molecule has 64 valence electrons. The second kappa shape index (κ2) is 4.08. The van der Waals surface area contributed by atoms with Crippen LogP contribution >= 0.6 is 0 Å². The van der Waals surface area contributed by atoms with E-state index in [0.717, 1.165) is 24.3 Å². The van der Waals surface area contributed by atoms with Crippen molar-refractivity contribution in [3.63, 3.8) is 0 Å². The number of alkyl halides is 3. The second-order valence-electron chi connectivity index (χ2n) is 2.04. The first kappa shape index (κ1) is 11.7. The van der Waals surface area contributed by atoms with Gasteiger partial charge in [0.25, 0.3) is 0 Å². The summed E-state index contributed by atoms with van der Waals surface area (Å²) in [6.45, 7) is 0. The molecule has 1 nitrogen and oxygen atoms in total. The molecule has 0 fully saturated rings. The van der Waals surface area contributed by atoms with Gasteiger partial charge in [-0.05, 0) is 24.3 Å². The van der Waals surface area contributed by atoms with Gasteiger partial charge in [-0.2, -0.15) is 13.2 Å². The third-order valence-corrected chi connectivity index (χ3v) is 1.19. The molecule has 12 heavy (non-hydrogen) atoms. The minimum Gasteiger partial charge on any atom is -0.508 e. The Hall–Kier alpha value is -0.307. The molecule has 0 heterocycles. The van der Waals surface area contributed by atoms with Gasteiger partial charge in [0.05, 0.1) is 5.56 Å². The van der Waals surface area contributed by atoms with Gasteiger partial charge in [-0.3, -0.25) is 0 Å². The third kappa shape index (κ3) is 2.97. The molecule has 0 bridgehead atoms. The minimum atomic E-state index is -4.33. The van der Waals surface area contributed by atoms with Crippen LogP contribution in [0, 0.1) is 0 Å². The molecule has 0 unspecified atom stereocenters. The fourth-order valence-electron chi connectivity index (χ4n) is 0.650. The first-order valence-electron chi connectivity index (χ1n) is 2.86. The van der Waals surface area contributed by atoms with E-state index in [2.05, 4.69) is 0 Å². The Kier molecular flexibility index (Phi) is 3.98. The first-order chi connectivity index (χ1) is 5.00. The van der Waals surface area contributed by atoms with Crippen LogP contribution in [0.2, 0.25) is 0 Å². The van der Waals surface area contributed by atoms with E-state index in [1.165, 1.54) is 0 Å². The molecule has 0 atom stereocenters. The van der Waals surface area contributed by atoms with Crippen LogP contribution in [0.1, 0.15) is 5.56 Å². The fraction of sp³-hybridized carbons (Fsp3) is 0.143. The van der Waals surface area contributed by atoms with Gasteiger partial charge in [-0.1, -0.05) is 0 Å². The number of phenols is 1. The molecule has 0 radical (unpaired) electrons. The van der Waals surface area contributed by atoms with Crippen molar-refractivity contribution in [2.24, 2.45) is 0 Å². The van der Waals surface area contributed by atoms with Crippen molar-refractivity contribution < 1.29 is 44.5 Å². The normalized spacial score (nSPS) is 10.6. The van der Waals surface area contributed by atoms with E-state index in [-0.39, 0.29) is 32.0 Å². The van der Waals surface area contributed by atoms with Crippen molar-refractivity contribution >= 4 is 0 Å². The van der Waals surface area contributed by atoms with E-state index in [0.29, 0.717) is 0 Å². The van der Waals surface area contributed by atoms with E-state index in [1.54, 1.807) is 0 Å². The predicted molar refractivity (Wildman–Crippen MR) is 33.1 cm³/mol. The topological polar surface area (TPSA) is 20.2 Å². The Morgan fingerprint density at radius 1 is 1.00 bits per heavy atom. The van der Waals surface area contributed by atoms with Crippen LogP contribution in [0.4, 0.5) is 13.2 Å². The van der Waals surface area contributed by atoms with Gasteiger partial charge in [-0.15, -0.1) is 0 Å². The van der Waals surface area contributed by atoms with Crippen LogP contribution in [0.3, 0.4) is 0 Å². The van der Waals surface area contributed by atoms with Crippen LogP contribution in [-0.2, 0) is 32.4 Å². The average Bonchev–Trinajstić information content (AvgIpc) is 1.86. The average molecular weight is 253 g/mol. The Bertz CT molecular complexity index is 242. The molecule has 1 aromatic rings. The number of phenolic OH excluding ortho intramolecular Hbond substituents is 1. The van der Waals surface area contributed by atoms with Crippen molar-refractivity contribution in [1.82, 2.24) is 0 Å². The summed E-state index contributed by atoms with van der Waals surface area (Å²) in [4.78, 5) is 0. The van der Waals surface area contributed by atoms with E-state index in [1.807, 2.05) is 0 Å². The van der Waals surface area contributed by atoms with E-state index in [4.69, 9.17) is 5.11 Å². The summed E-state index contributed by atoms with van der Waals surface area (Å²) < 4.78 is 35.5. The zero-order valence-electron chi connectivity index (χ0n) is 5.89. The van der Waals surface area contributed by atoms with Gasteiger partial charge in [-0.25, -0.2) is 0 Å². The van der Waals surface area contributed by atoms with Gasteiger partial charge in [0.15, 0.2) is 0 Å². The predicted octanol–water partition coefficient (Wildman–Crippen LogP) is 2.41. The Labute approximate surface area is 86.3 Å². The smallest absolute Gasteiger partial charge is 0.416 e. The molecule has 1 rings (SSSR count). The Morgan fingerprint density at radius 3 is 1.75 bits per heavy atom. The zero-order valence-corrected chi connectivity index (χ0v) is 8.35. The maximum Gasteiger partial charge on any atom is 0.416 e. The van der Waals surface area contributed by atoms with Crippen molar-refractivity contribution in [2.45, 2.75) is 6.18 Å². The van der Waals surface area contributed by atoms with Crippen LogP contribution in [0.5, 0.6) is 5.75 Å². The molecule has 0 amide bonds. The van der Waals surface area contributed by atoms with Crippen molar-refractivity contribution in [3.8, 4) is 5.75 Å². The quantitative estimate of drug-likeness (QED) is 0.753. The molecule has 1 N–H and O–H groups in total. The number of aromatic hydroxyl groups is 1. The summed E-state index contributed by atoms with van der Waals surface area (Å²) >= 11 is 0. The number of hydrogen-bond donors (Lipinski definition) is 1. The maximum absolute atomic E-state index is 11.8. The van der Waals surface area contributed by atoms with Crippen molar-refractivity contribution in [3.05, 3.63) is 29.8 Å². The van der Waals surface area contributed by atoms with E-state index in [9.17, 15) is 13.2 Å². The summed E-state index contributed by atoms with van der Waals surface area (Å²) in [6.07, 6.45) is -4.33. The summed E-state index contributed by atoms with van der Waals surface area (Å²) in [6, 6.07) is 3.66. The molecule has 0 saturated carbocycles. The van der Waals surface area contributed by atoms with Gasteiger partial charge in [0, 0.05) is 26.2 Å². The molecule has 0 aliphatic rings. The number of halogens is 3. The van der Waals surface area contributed by atoms with Crippen molar-refractivity contribution in [2.75, 3.05) is 0 Å². The van der Waals surface area contributed by atoms with Crippen molar-refractivity contribution in [1.29, 1.82) is 0 Å². The van der Waals surface area contributed by atoms with Gasteiger partial charge in [0.2, 0.25) is 0 Å². The standard InChI is InChI=1S/C7H5F3O.Zr/c8-7(9,10)5-1-3-6(11)4-2-5;/h1-4,11H;. The van der Waals surface area contributed by atoms with Gasteiger partial charge >= 0.3 is 6.18 Å². The minimum absolute atomic E-state index is 0. The monoisotopic (exact) mass is 252 g/mol. The summed E-state index contributed by atoms with van der Waals surface area (Å²) in [5.74, 6) is -0.169. The first-order valence-corrected chi connectivity index (χ1v) is 2.86. The molecule has 0 aliphatic carbocycles. The SMILES string of the molecule is Oc1ccc(C(F)(F)F)cc1.[Zr]. The molecule has 0 aliphatic heterocycles. The second-order valence-corrected chi connectivity index (χ2v) is 2.04. The molecular formula is C7H5F3OZr. The van der Waals surface area contributed by atoms with E-state index >= 15 is 0 Å². The molecule has 0 saturated heterocycles. The summed E-state index contributed by atoms with van der Waals surface area (Å²) in [5, 5.41) is 8.66.